The maximum atomic E-state index is 10.8. The van der Waals surface area contributed by atoms with Crippen LogP contribution in [0.4, 0.5) is 0 Å². The maximum absolute atomic E-state index is 10.8. The van der Waals surface area contributed by atoms with Gasteiger partial charge in [0.25, 0.3) is 0 Å². The first kappa shape index (κ1) is 12.0. The summed E-state index contributed by atoms with van der Waals surface area (Å²) in [6, 6.07) is 0. The molecule has 0 spiro atoms. The molecule has 1 aliphatic rings. The zero-order valence-electron chi connectivity index (χ0n) is 10.0. The normalized spacial score (nSPS) is 15.4. The third-order valence-corrected chi connectivity index (χ3v) is 2.93. The maximum Gasteiger partial charge on any atom is 0.317 e. The summed E-state index contributed by atoms with van der Waals surface area (Å²) in [6.45, 7) is 4.26. The number of nitrogens with zero attached hydrogens (tertiary/aromatic N) is 4. The van der Waals surface area contributed by atoms with Crippen molar-refractivity contribution in [1.29, 1.82) is 0 Å². The lowest BCUT2D eigenvalue weighted by molar-refractivity contribution is -0.138. The van der Waals surface area contributed by atoms with Gasteiger partial charge in [0.1, 0.15) is 12.2 Å². The second-order valence-electron chi connectivity index (χ2n) is 4.50. The molecule has 0 bridgehead atoms. The molecule has 1 saturated carbocycles. The highest BCUT2D eigenvalue weighted by molar-refractivity contribution is 5.69. The van der Waals surface area contributed by atoms with Crippen LogP contribution >= 0.6 is 0 Å². The van der Waals surface area contributed by atoms with Crippen molar-refractivity contribution in [3.63, 3.8) is 0 Å². The molecule has 1 aliphatic carbocycles. The molecule has 94 valence electrons. The number of hydrogen-bond acceptors (Lipinski definition) is 4. The van der Waals surface area contributed by atoms with Crippen molar-refractivity contribution < 1.29 is 9.90 Å². The van der Waals surface area contributed by atoms with Gasteiger partial charge in [-0.1, -0.05) is 0 Å². The van der Waals surface area contributed by atoms with Crippen LogP contribution in [0.25, 0.3) is 0 Å². The van der Waals surface area contributed by atoms with E-state index in [1.165, 1.54) is 19.2 Å². The van der Waals surface area contributed by atoms with Crippen LogP contribution in [0.15, 0.2) is 6.33 Å². The lowest BCUT2D eigenvalue weighted by atomic mass is 10.3. The summed E-state index contributed by atoms with van der Waals surface area (Å²) < 4.78 is 1.81. The summed E-state index contributed by atoms with van der Waals surface area (Å²) in [5.41, 5.74) is 0. The molecule has 0 amide bonds. The monoisotopic (exact) mass is 238 g/mol. The van der Waals surface area contributed by atoms with Crippen LogP contribution in [0.3, 0.4) is 0 Å². The Kier molecular flexibility index (Phi) is 3.73. The average Bonchev–Trinajstić information content (AvgIpc) is 2.95. The van der Waals surface area contributed by atoms with E-state index in [2.05, 4.69) is 10.1 Å². The van der Waals surface area contributed by atoms with Crippen LogP contribution in [0, 0.1) is 5.92 Å². The molecule has 0 unspecified atom stereocenters. The number of rotatable bonds is 7. The van der Waals surface area contributed by atoms with Crippen LogP contribution in [-0.4, -0.2) is 43.8 Å². The first-order valence-electron chi connectivity index (χ1n) is 6.00. The zero-order chi connectivity index (χ0) is 12.3. The quantitative estimate of drug-likeness (QED) is 0.753. The minimum atomic E-state index is -0.784. The van der Waals surface area contributed by atoms with Crippen molar-refractivity contribution >= 4 is 5.97 Å². The van der Waals surface area contributed by atoms with Gasteiger partial charge in [0, 0.05) is 13.1 Å². The number of carbonyl (C=O) groups is 1. The average molecular weight is 238 g/mol. The highest BCUT2D eigenvalue weighted by atomic mass is 16.4. The molecular weight excluding hydrogens is 220 g/mol. The number of carboxylic acids is 1. The van der Waals surface area contributed by atoms with Crippen LogP contribution < -0.4 is 0 Å². The lowest BCUT2D eigenvalue weighted by Gasteiger charge is -2.19. The topological polar surface area (TPSA) is 71.2 Å². The summed E-state index contributed by atoms with van der Waals surface area (Å²) in [4.78, 5) is 16.9. The van der Waals surface area contributed by atoms with Gasteiger partial charge in [-0.25, -0.2) is 9.67 Å². The Morgan fingerprint density at radius 2 is 2.41 bits per heavy atom. The van der Waals surface area contributed by atoms with Crippen LogP contribution in [0.5, 0.6) is 0 Å². The molecule has 6 nitrogen and oxygen atoms in total. The van der Waals surface area contributed by atoms with E-state index in [0.717, 1.165) is 18.9 Å². The third-order valence-electron chi connectivity index (χ3n) is 2.93. The molecule has 0 saturated heterocycles. The molecule has 1 aromatic rings. The second-order valence-corrected chi connectivity index (χ2v) is 4.50. The van der Waals surface area contributed by atoms with Gasteiger partial charge in [0.15, 0.2) is 0 Å². The Balaban J connectivity index is 1.97. The Bertz CT molecular complexity index is 387. The molecule has 0 radical (unpaired) electrons. The second kappa shape index (κ2) is 5.27. The minimum absolute atomic E-state index is 0.0765. The predicted octanol–water partition coefficient (Wildman–Crippen LogP) is 0.595. The van der Waals surface area contributed by atoms with Crippen LogP contribution in [0.1, 0.15) is 25.6 Å². The lowest BCUT2D eigenvalue weighted by Crippen LogP contribution is -2.32. The minimum Gasteiger partial charge on any atom is -0.480 e. The SMILES string of the molecule is CCn1ncnc1CN(CC(=O)O)CC1CC1. The summed E-state index contributed by atoms with van der Waals surface area (Å²) in [6.07, 6.45) is 3.96. The smallest absolute Gasteiger partial charge is 0.317 e. The summed E-state index contributed by atoms with van der Waals surface area (Å²) in [7, 11) is 0. The summed E-state index contributed by atoms with van der Waals surface area (Å²) in [5, 5.41) is 13.0. The molecule has 0 aliphatic heterocycles. The predicted molar refractivity (Wildman–Crippen MR) is 61.3 cm³/mol. The molecule has 2 rings (SSSR count). The van der Waals surface area contributed by atoms with Gasteiger partial charge in [-0.05, 0) is 25.7 Å². The first-order chi connectivity index (χ1) is 8.19. The number of carboxylic acid groups (broad SMARTS) is 1. The molecule has 1 aromatic heterocycles. The van der Waals surface area contributed by atoms with Crippen LogP contribution in [-0.2, 0) is 17.9 Å². The standard InChI is InChI=1S/C11H18N4O2/c1-2-15-10(12-8-13-15)6-14(7-11(16)17)5-9-3-4-9/h8-9H,2-7H2,1H3,(H,16,17). The summed E-state index contributed by atoms with van der Waals surface area (Å²) >= 11 is 0. The highest BCUT2D eigenvalue weighted by Crippen LogP contribution is 2.29. The molecular formula is C11H18N4O2. The van der Waals surface area contributed by atoms with Crippen molar-refractivity contribution in [2.24, 2.45) is 5.92 Å². The van der Waals surface area contributed by atoms with E-state index in [-0.39, 0.29) is 6.54 Å². The van der Waals surface area contributed by atoms with Crippen molar-refractivity contribution in [2.75, 3.05) is 13.1 Å². The Morgan fingerprint density at radius 1 is 1.65 bits per heavy atom. The molecule has 1 fully saturated rings. The van der Waals surface area contributed by atoms with E-state index in [1.807, 2.05) is 16.5 Å². The molecule has 6 heteroatoms. The van der Waals surface area contributed by atoms with E-state index >= 15 is 0 Å². The zero-order valence-corrected chi connectivity index (χ0v) is 10.0. The van der Waals surface area contributed by atoms with E-state index in [0.29, 0.717) is 12.5 Å². The number of aromatic nitrogens is 3. The molecule has 1 heterocycles. The fourth-order valence-electron chi connectivity index (χ4n) is 1.92. The Labute approximate surface area is 100 Å². The molecule has 0 atom stereocenters. The van der Waals surface area contributed by atoms with Gasteiger partial charge < -0.3 is 5.11 Å². The van der Waals surface area contributed by atoms with E-state index in [9.17, 15) is 4.79 Å². The van der Waals surface area contributed by atoms with E-state index in [4.69, 9.17) is 5.11 Å². The Morgan fingerprint density at radius 3 is 3.00 bits per heavy atom. The van der Waals surface area contributed by atoms with E-state index in [1.54, 1.807) is 0 Å². The molecule has 1 N–H and O–H groups in total. The first-order valence-corrected chi connectivity index (χ1v) is 6.00. The summed E-state index contributed by atoms with van der Waals surface area (Å²) in [5.74, 6) is 0.731. The van der Waals surface area contributed by atoms with E-state index < -0.39 is 5.97 Å². The molecule has 0 aromatic carbocycles. The number of aryl methyl sites for hydroxylation is 1. The fraction of sp³-hybridized carbons (Fsp3) is 0.727. The van der Waals surface area contributed by atoms with Crippen molar-refractivity contribution in [1.82, 2.24) is 19.7 Å². The fourth-order valence-corrected chi connectivity index (χ4v) is 1.92. The third kappa shape index (κ3) is 3.52. The Hall–Kier alpha value is -1.43. The molecule has 17 heavy (non-hydrogen) atoms. The van der Waals surface area contributed by atoms with Gasteiger partial charge in [-0.3, -0.25) is 9.69 Å². The van der Waals surface area contributed by atoms with Crippen LogP contribution in [0.2, 0.25) is 0 Å². The van der Waals surface area contributed by atoms with Gasteiger partial charge >= 0.3 is 5.97 Å². The van der Waals surface area contributed by atoms with Gasteiger partial charge in [-0.15, -0.1) is 0 Å². The number of hydrogen-bond donors (Lipinski definition) is 1. The van der Waals surface area contributed by atoms with Crippen molar-refractivity contribution in [2.45, 2.75) is 32.9 Å². The largest absolute Gasteiger partial charge is 0.480 e. The highest BCUT2D eigenvalue weighted by Gasteiger charge is 2.26. The van der Waals surface area contributed by atoms with Gasteiger partial charge in [-0.2, -0.15) is 5.10 Å². The van der Waals surface area contributed by atoms with Gasteiger partial charge in [0.2, 0.25) is 0 Å². The number of aliphatic carboxylic acids is 1. The van der Waals surface area contributed by atoms with Crippen molar-refractivity contribution in [3.8, 4) is 0 Å². The van der Waals surface area contributed by atoms with Gasteiger partial charge in [0.05, 0.1) is 13.1 Å². The van der Waals surface area contributed by atoms with Crippen molar-refractivity contribution in [3.05, 3.63) is 12.2 Å².